The van der Waals surface area contributed by atoms with Crippen LogP contribution in [0.2, 0.25) is 0 Å². The van der Waals surface area contributed by atoms with Crippen LogP contribution in [0.1, 0.15) is 6.42 Å². The number of carbonyl (C=O) groups is 1. The molecule has 0 fully saturated rings. The molecule has 0 aliphatic rings. The number of hydrogen-bond donors (Lipinski definition) is 0. The van der Waals surface area contributed by atoms with Crippen LogP contribution in [0, 0.1) is 10.1 Å². The Labute approximate surface area is 72.4 Å². The summed E-state index contributed by atoms with van der Waals surface area (Å²) in [5.74, 6) is -0.827. The second kappa shape index (κ2) is 3.73. The highest BCUT2D eigenvalue weighted by molar-refractivity contribution is 6.47. The minimum atomic E-state index is -2.28. The topological polar surface area (TPSA) is 69.4 Å². The Bertz CT molecular complexity index is 181. The molecule has 0 heterocycles. The molecule has 0 saturated carbocycles. The summed E-state index contributed by atoms with van der Waals surface area (Å²) >= 11 is 10.2. The molecule has 0 saturated heterocycles. The molecule has 0 N–H and O–H groups in total. The Morgan fingerprint density at radius 2 is 2.18 bits per heavy atom. The molecule has 0 unspecified atom stereocenters. The van der Waals surface area contributed by atoms with Gasteiger partial charge in [0.1, 0.15) is 6.42 Å². The fraction of sp³-hybridized carbons (Fsp3) is 0.750. The lowest BCUT2D eigenvalue weighted by atomic mass is 10.4. The first-order valence-corrected chi connectivity index (χ1v) is 3.25. The van der Waals surface area contributed by atoms with Crippen molar-refractivity contribution in [2.45, 2.75) is 10.9 Å². The van der Waals surface area contributed by atoms with Gasteiger partial charge in [0, 0.05) is 0 Å². The predicted octanol–water partition coefficient (Wildman–Crippen LogP) is 0.958. The maximum atomic E-state index is 10.4. The molecule has 0 amide bonds. The van der Waals surface area contributed by atoms with Gasteiger partial charge in [-0.2, -0.15) is 0 Å². The summed E-state index contributed by atoms with van der Waals surface area (Å²) in [7, 11) is 1.09. The Kier molecular flexibility index (Phi) is 3.54. The number of esters is 1. The Morgan fingerprint density at radius 3 is 2.45 bits per heavy atom. The third-order valence-electron chi connectivity index (χ3n) is 0.852. The highest BCUT2D eigenvalue weighted by atomic mass is 35.5. The van der Waals surface area contributed by atoms with Gasteiger partial charge in [-0.3, -0.25) is 14.9 Å². The monoisotopic (exact) mass is 201 g/mol. The highest BCUT2D eigenvalue weighted by Gasteiger charge is 2.41. The van der Waals surface area contributed by atoms with E-state index in [1.54, 1.807) is 0 Å². The van der Waals surface area contributed by atoms with Crippen molar-refractivity contribution in [2.24, 2.45) is 0 Å². The number of rotatable bonds is 3. The first-order chi connectivity index (χ1) is 4.90. The van der Waals surface area contributed by atoms with Crippen molar-refractivity contribution < 1.29 is 14.5 Å². The number of hydrogen-bond acceptors (Lipinski definition) is 4. The van der Waals surface area contributed by atoms with Gasteiger partial charge >= 0.3 is 10.4 Å². The van der Waals surface area contributed by atoms with Crippen LogP contribution in [0.3, 0.4) is 0 Å². The van der Waals surface area contributed by atoms with Crippen LogP contribution >= 0.6 is 23.2 Å². The number of carbonyl (C=O) groups excluding carboxylic acids is 1. The molecule has 64 valence electrons. The third-order valence-corrected chi connectivity index (χ3v) is 1.40. The van der Waals surface area contributed by atoms with Crippen molar-refractivity contribution in [1.82, 2.24) is 0 Å². The Balaban J connectivity index is 4.12. The molecule has 0 bridgehead atoms. The first-order valence-electron chi connectivity index (χ1n) is 2.49. The van der Waals surface area contributed by atoms with E-state index in [1.165, 1.54) is 0 Å². The van der Waals surface area contributed by atoms with Crippen LogP contribution in [-0.4, -0.2) is 22.5 Å². The maximum absolute atomic E-state index is 10.4. The number of ether oxygens (including phenoxy) is 1. The smallest absolute Gasteiger partial charge is 0.380 e. The minimum absolute atomic E-state index is 0.667. The predicted molar refractivity (Wildman–Crippen MR) is 38.1 cm³/mol. The number of methoxy groups -OCH3 is 1. The van der Waals surface area contributed by atoms with E-state index in [4.69, 9.17) is 23.2 Å². The quantitative estimate of drug-likeness (QED) is 0.224. The standard InChI is InChI=1S/C4H5Cl2NO4/c1-11-3(8)2-4(5,6)7(9)10/h2H2,1H3. The molecule has 0 radical (unpaired) electrons. The zero-order valence-electron chi connectivity index (χ0n) is 5.54. The summed E-state index contributed by atoms with van der Waals surface area (Å²) in [6.07, 6.45) is -0.667. The molecular weight excluding hydrogens is 197 g/mol. The molecule has 5 nitrogen and oxygen atoms in total. The summed E-state index contributed by atoms with van der Waals surface area (Å²) in [5, 5.41) is 10.0. The molecule has 0 aromatic carbocycles. The summed E-state index contributed by atoms with van der Waals surface area (Å²) in [5.41, 5.74) is 0. The van der Waals surface area contributed by atoms with Crippen molar-refractivity contribution in [3.8, 4) is 0 Å². The van der Waals surface area contributed by atoms with Crippen LogP contribution < -0.4 is 0 Å². The van der Waals surface area contributed by atoms with E-state index in [1.807, 2.05) is 0 Å². The van der Waals surface area contributed by atoms with Gasteiger partial charge in [-0.15, -0.1) is 0 Å². The van der Waals surface area contributed by atoms with Crippen LogP contribution in [0.4, 0.5) is 0 Å². The number of nitrogens with zero attached hydrogens (tertiary/aromatic N) is 1. The molecular formula is C4H5Cl2NO4. The molecule has 11 heavy (non-hydrogen) atoms. The van der Waals surface area contributed by atoms with Crippen molar-refractivity contribution in [3.05, 3.63) is 10.1 Å². The average Bonchev–Trinajstić information content (AvgIpc) is 1.86. The first kappa shape index (κ1) is 10.4. The maximum Gasteiger partial charge on any atom is 0.380 e. The molecule has 0 atom stereocenters. The molecule has 0 spiro atoms. The lowest BCUT2D eigenvalue weighted by Crippen LogP contribution is -2.28. The Morgan fingerprint density at radius 1 is 1.73 bits per heavy atom. The van der Waals surface area contributed by atoms with Gasteiger partial charge in [0.15, 0.2) is 0 Å². The summed E-state index contributed by atoms with van der Waals surface area (Å²) < 4.78 is 1.84. The number of nitro groups is 1. The summed E-state index contributed by atoms with van der Waals surface area (Å²) in [6, 6.07) is 0. The van der Waals surface area contributed by atoms with E-state index in [0.29, 0.717) is 0 Å². The van der Waals surface area contributed by atoms with Gasteiger partial charge in [-0.05, 0) is 23.2 Å². The van der Waals surface area contributed by atoms with Crippen LogP contribution in [0.15, 0.2) is 0 Å². The van der Waals surface area contributed by atoms with Gasteiger partial charge in [0.2, 0.25) is 0 Å². The normalized spacial score (nSPS) is 10.8. The second-order valence-corrected chi connectivity index (χ2v) is 3.12. The Hall–Kier alpha value is -0.550. The van der Waals surface area contributed by atoms with Gasteiger partial charge in [-0.1, -0.05) is 0 Å². The van der Waals surface area contributed by atoms with Crippen molar-refractivity contribution in [2.75, 3.05) is 7.11 Å². The van der Waals surface area contributed by atoms with Crippen LogP contribution in [0.5, 0.6) is 0 Å². The molecule has 7 heteroatoms. The van der Waals surface area contributed by atoms with E-state index in [-0.39, 0.29) is 0 Å². The number of alkyl halides is 2. The van der Waals surface area contributed by atoms with E-state index >= 15 is 0 Å². The SMILES string of the molecule is COC(=O)CC(Cl)(Cl)[N+](=O)[O-]. The van der Waals surface area contributed by atoms with Crippen molar-refractivity contribution in [3.63, 3.8) is 0 Å². The molecule has 0 aliphatic heterocycles. The lowest BCUT2D eigenvalue weighted by Gasteiger charge is -2.07. The van der Waals surface area contributed by atoms with Gasteiger partial charge in [-0.25, -0.2) is 0 Å². The summed E-state index contributed by atoms with van der Waals surface area (Å²) in [4.78, 5) is 19.5. The zero-order valence-corrected chi connectivity index (χ0v) is 7.06. The molecule has 0 rings (SSSR count). The minimum Gasteiger partial charge on any atom is -0.469 e. The third kappa shape index (κ3) is 3.38. The van der Waals surface area contributed by atoms with E-state index in [2.05, 4.69) is 4.74 Å². The fourth-order valence-electron chi connectivity index (χ4n) is 0.310. The van der Waals surface area contributed by atoms with Crippen molar-refractivity contribution >= 4 is 29.2 Å². The van der Waals surface area contributed by atoms with Crippen molar-refractivity contribution in [1.29, 1.82) is 0 Å². The zero-order chi connectivity index (χ0) is 9.07. The lowest BCUT2D eigenvalue weighted by molar-refractivity contribution is -0.515. The highest BCUT2D eigenvalue weighted by Crippen LogP contribution is 2.25. The van der Waals surface area contributed by atoms with Gasteiger partial charge in [0.05, 0.1) is 12.0 Å². The average molecular weight is 202 g/mol. The van der Waals surface area contributed by atoms with Gasteiger partial charge in [0.25, 0.3) is 0 Å². The number of halogens is 2. The molecule has 0 aliphatic carbocycles. The van der Waals surface area contributed by atoms with E-state index < -0.39 is 21.8 Å². The molecule has 0 aromatic rings. The fourth-order valence-corrected chi connectivity index (χ4v) is 0.529. The summed E-state index contributed by atoms with van der Waals surface area (Å²) in [6.45, 7) is 0. The van der Waals surface area contributed by atoms with E-state index in [0.717, 1.165) is 7.11 Å². The van der Waals surface area contributed by atoms with Crippen LogP contribution in [-0.2, 0) is 9.53 Å². The van der Waals surface area contributed by atoms with Gasteiger partial charge < -0.3 is 4.74 Å². The van der Waals surface area contributed by atoms with Crippen LogP contribution in [0.25, 0.3) is 0 Å². The second-order valence-electron chi connectivity index (χ2n) is 1.68. The largest absolute Gasteiger partial charge is 0.469 e. The molecule has 0 aromatic heterocycles. The van der Waals surface area contributed by atoms with E-state index in [9.17, 15) is 14.9 Å².